The summed E-state index contributed by atoms with van der Waals surface area (Å²) in [6, 6.07) is -0.428. The number of halogens is 3. The fraction of sp³-hybridized carbons (Fsp3) is 0.875. The number of carbonyl (C=O) groups excluding carboxylic acids is 1. The molecule has 1 rings (SSSR count). The van der Waals surface area contributed by atoms with Crippen LogP contribution in [0.25, 0.3) is 0 Å². The van der Waals surface area contributed by atoms with Gasteiger partial charge in [-0.25, -0.2) is 0 Å². The second-order valence-corrected chi connectivity index (χ2v) is 3.46. The SMILES string of the molecule is CN(CC(F)(F)F)C(=O)C1CCCN1. The number of nitrogens with zero attached hydrogens (tertiary/aromatic N) is 1. The third-order valence-electron chi connectivity index (χ3n) is 2.15. The van der Waals surface area contributed by atoms with Crippen molar-refractivity contribution in [1.29, 1.82) is 0 Å². The minimum Gasteiger partial charge on any atom is -0.335 e. The maximum Gasteiger partial charge on any atom is 0.406 e. The van der Waals surface area contributed by atoms with Crippen LogP contribution in [0.4, 0.5) is 13.2 Å². The van der Waals surface area contributed by atoms with E-state index in [4.69, 9.17) is 0 Å². The van der Waals surface area contributed by atoms with Gasteiger partial charge in [0.05, 0.1) is 6.04 Å². The molecule has 0 aromatic heterocycles. The van der Waals surface area contributed by atoms with E-state index in [0.29, 0.717) is 13.0 Å². The molecule has 1 heterocycles. The number of hydrogen-bond acceptors (Lipinski definition) is 2. The van der Waals surface area contributed by atoms with Crippen molar-refractivity contribution in [2.24, 2.45) is 0 Å². The van der Waals surface area contributed by atoms with Crippen LogP contribution in [0.15, 0.2) is 0 Å². The van der Waals surface area contributed by atoms with Crippen molar-refractivity contribution in [2.75, 3.05) is 20.1 Å². The zero-order valence-corrected chi connectivity index (χ0v) is 7.90. The summed E-state index contributed by atoms with van der Waals surface area (Å²) in [6.45, 7) is -0.472. The first kappa shape index (κ1) is 11.3. The van der Waals surface area contributed by atoms with Crippen LogP contribution < -0.4 is 5.32 Å². The average molecular weight is 210 g/mol. The van der Waals surface area contributed by atoms with Crippen molar-refractivity contribution >= 4 is 5.91 Å². The quantitative estimate of drug-likeness (QED) is 0.729. The van der Waals surface area contributed by atoms with Gasteiger partial charge in [0.15, 0.2) is 0 Å². The highest BCUT2D eigenvalue weighted by Crippen LogP contribution is 2.17. The molecule has 1 aliphatic heterocycles. The predicted molar refractivity (Wildman–Crippen MR) is 44.7 cm³/mol. The maximum absolute atomic E-state index is 11.9. The molecule has 0 bridgehead atoms. The van der Waals surface area contributed by atoms with Crippen LogP contribution in [0.5, 0.6) is 0 Å². The van der Waals surface area contributed by atoms with E-state index in [9.17, 15) is 18.0 Å². The van der Waals surface area contributed by atoms with E-state index in [-0.39, 0.29) is 0 Å². The summed E-state index contributed by atoms with van der Waals surface area (Å²) in [5.74, 6) is -0.472. The Bertz CT molecular complexity index is 211. The normalized spacial score (nSPS) is 22.4. The summed E-state index contributed by atoms with van der Waals surface area (Å²) >= 11 is 0. The van der Waals surface area contributed by atoms with Crippen LogP contribution >= 0.6 is 0 Å². The van der Waals surface area contributed by atoms with Gasteiger partial charge < -0.3 is 10.2 Å². The Balaban J connectivity index is 2.43. The van der Waals surface area contributed by atoms with Gasteiger partial charge >= 0.3 is 6.18 Å². The topological polar surface area (TPSA) is 32.3 Å². The smallest absolute Gasteiger partial charge is 0.335 e. The molecule has 14 heavy (non-hydrogen) atoms. The Kier molecular flexibility index (Phi) is 3.36. The van der Waals surface area contributed by atoms with Crippen molar-refractivity contribution in [3.63, 3.8) is 0 Å². The van der Waals surface area contributed by atoms with E-state index in [1.807, 2.05) is 0 Å². The van der Waals surface area contributed by atoms with Gasteiger partial charge in [-0.05, 0) is 19.4 Å². The lowest BCUT2D eigenvalue weighted by Crippen LogP contribution is -2.45. The molecule has 0 spiro atoms. The number of likely N-dealkylation sites (N-methyl/N-ethyl adjacent to an activating group) is 1. The second kappa shape index (κ2) is 4.16. The summed E-state index contributed by atoms with van der Waals surface area (Å²) in [6.07, 6.45) is -2.85. The van der Waals surface area contributed by atoms with E-state index in [2.05, 4.69) is 5.32 Å². The highest BCUT2D eigenvalue weighted by Gasteiger charge is 2.34. The minimum absolute atomic E-state index is 0.428. The van der Waals surface area contributed by atoms with Gasteiger partial charge in [-0.3, -0.25) is 4.79 Å². The lowest BCUT2D eigenvalue weighted by atomic mass is 10.2. The molecule has 1 fully saturated rings. The first-order valence-corrected chi connectivity index (χ1v) is 4.45. The molecule has 1 amide bonds. The Morgan fingerprint density at radius 2 is 2.21 bits per heavy atom. The number of hydrogen-bond donors (Lipinski definition) is 1. The summed E-state index contributed by atoms with van der Waals surface area (Å²) in [7, 11) is 1.18. The molecule has 1 aliphatic rings. The Hall–Kier alpha value is -0.780. The van der Waals surface area contributed by atoms with Crippen molar-refractivity contribution in [3.8, 4) is 0 Å². The lowest BCUT2D eigenvalue weighted by molar-refractivity contribution is -0.159. The minimum atomic E-state index is -4.32. The van der Waals surface area contributed by atoms with Gasteiger partial charge in [0.25, 0.3) is 0 Å². The lowest BCUT2D eigenvalue weighted by Gasteiger charge is -2.22. The highest BCUT2D eigenvalue weighted by molar-refractivity contribution is 5.81. The molecule has 6 heteroatoms. The fourth-order valence-corrected chi connectivity index (χ4v) is 1.51. The predicted octanol–water partition coefficient (Wildman–Crippen LogP) is 0.759. The molecule has 0 aliphatic carbocycles. The van der Waals surface area contributed by atoms with Gasteiger partial charge in [0, 0.05) is 7.05 Å². The molecule has 1 unspecified atom stereocenters. The van der Waals surface area contributed by atoms with Crippen LogP contribution in [-0.4, -0.2) is 43.2 Å². The molecule has 1 atom stereocenters. The van der Waals surface area contributed by atoms with Gasteiger partial charge in [-0.1, -0.05) is 0 Å². The Morgan fingerprint density at radius 3 is 2.64 bits per heavy atom. The summed E-state index contributed by atoms with van der Waals surface area (Å²) < 4.78 is 35.8. The average Bonchev–Trinajstić information content (AvgIpc) is 2.51. The Labute approximate surface area is 80.3 Å². The number of alkyl halides is 3. The van der Waals surface area contributed by atoms with Crippen LogP contribution in [0.1, 0.15) is 12.8 Å². The number of rotatable bonds is 2. The first-order valence-electron chi connectivity index (χ1n) is 4.45. The van der Waals surface area contributed by atoms with Crippen molar-refractivity contribution in [1.82, 2.24) is 10.2 Å². The molecule has 0 aromatic carbocycles. The van der Waals surface area contributed by atoms with Crippen LogP contribution in [-0.2, 0) is 4.79 Å². The number of carbonyl (C=O) groups is 1. The van der Waals surface area contributed by atoms with Crippen LogP contribution in [0.2, 0.25) is 0 Å². The van der Waals surface area contributed by atoms with Crippen molar-refractivity contribution < 1.29 is 18.0 Å². The van der Waals surface area contributed by atoms with Crippen molar-refractivity contribution in [3.05, 3.63) is 0 Å². The van der Waals surface area contributed by atoms with E-state index in [1.165, 1.54) is 7.05 Å². The summed E-state index contributed by atoms with van der Waals surface area (Å²) in [5.41, 5.74) is 0. The highest BCUT2D eigenvalue weighted by atomic mass is 19.4. The van der Waals surface area contributed by atoms with Crippen LogP contribution in [0, 0.1) is 0 Å². The molecule has 82 valence electrons. The molecule has 1 N–H and O–H groups in total. The molecular weight excluding hydrogens is 197 g/mol. The van der Waals surface area contributed by atoms with E-state index >= 15 is 0 Å². The fourth-order valence-electron chi connectivity index (χ4n) is 1.51. The van der Waals surface area contributed by atoms with E-state index in [0.717, 1.165) is 11.3 Å². The van der Waals surface area contributed by atoms with Gasteiger partial charge in [0.2, 0.25) is 5.91 Å². The van der Waals surface area contributed by atoms with Gasteiger partial charge in [-0.15, -0.1) is 0 Å². The molecule has 3 nitrogen and oxygen atoms in total. The second-order valence-electron chi connectivity index (χ2n) is 3.46. The Morgan fingerprint density at radius 1 is 1.57 bits per heavy atom. The zero-order valence-electron chi connectivity index (χ0n) is 7.90. The number of amides is 1. The third-order valence-corrected chi connectivity index (χ3v) is 2.15. The molecular formula is C8H13F3N2O. The van der Waals surface area contributed by atoms with E-state index < -0.39 is 24.7 Å². The van der Waals surface area contributed by atoms with Gasteiger partial charge in [-0.2, -0.15) is 13.2 Å². The monoisotopic (exact) mass is 210 g/mol. The maximum atomic E-state index is 11.9. The summed E-state index contributed by atoms with van der Waals surface area (Å²) in [4.78, 5) is 12.1. The molecule has 0 radical (unpaired) electrons. The van der Waals surface area contributed by atoms with Crippen molar-refractivity contribution in [2.45, 2.75) is 25.1 Å². The molecule has 0 aromatic rings. The third kappa shape index (κ3) is 3.17. The summed E-state index contributed by atoms with van der Waals surface area (Å²) in [5, 5.41) is 2.86. The van der Waals surface area contributed by atoms with E-state index in [1.54, 1.807) is 0 Å². The standard InChI is InChI=1S/C8H13F3N2O/c1-13(5-8(9,10)11)7(14)6-3-2-4-12-6/h6,12H,2-5H2,1H3. The van der Waals surface area contributed by atoms with Crippen LogP contribution in [0.3, 0.4) is 0 Å². The zero-order chi connectivity index (χ0) is 10.8. The molecule has 0 saturated carbocycles. The first-order chi connectivity index (χ1) is 6.40. The largest absolute Gasteiger partial charge is 0.406 e. The van der Waals surface area contributed by atoms with Gasteiger partial charge in [0.1, 0.15) is 6.54 Å². The molecule has 1 saturated heterocycles. The number of nitrogens with one attached hydrogen (secondary N) is 1.